The van der Waals surface area contributed by atoms with Crippen molar-refractivity contribution in [3.63, 3.8) is 0 Å². The van der Waals surface area contributed by atoms with E-state index in [4.69, 9.17) is 9.62 Å². The lowest BCUT2D eigenvalue weighted by atomic mass is 10.0. The predicted octanol–water partition coefficient (Wildman–Crippen LogP) is 6.50. The van der Waals surface area contributed by atoms with Crippen LogP contribution in [0.3, 0.4) is 0 Å². The summed E-state index contributed by atoms with van der Waals surface area (Å²) in [6, 6.07) is 12.3. The Morgan fingerprint density at radius 2 is 1.40 bits per heavy atom. The van der Waals surface area contributed by atoms with Crippen LogP contribution in [-0.4, -0.2) is 23.7 Å². The Balaban J connectivity index is 2.19. The summed E-state index contributed by atoms with van der Waals surface area (Å²) in [7, 11) is 0. The van der Waals surface area contributed by atoms with E-state index in [0.717, 1.165) is 32.1 Å². The molecule has 0 atom stereocenters. The number of Topliss-reactive ketones (excluding diaryl/α,β-unsaturated/α-hetero) is 1. The van der Waals surface area contributed by atoms with Crippen LogP contribution in [0.25, 0.3) is 0 Å². The van der Waals surface area contributed by atoms with E-state index in [9.17, 15) is 19.2 Å². The van der Waals surface area contributed by atoms with Crippen molar-refractivity contribution < 1.29 is 33.7 Å². The van der Waals surface area contributed by atoms with E-state index >= 15 is 0 Å². The van der Waals surface area contributed by atoms with Crippen molar-refractivity contribution >= 4 is 23.7 Å². The fourth-order valence-corrected chi connectivity index (χ4v) is 3.54. The molecule has 0 fully saturated rings. The topological polar surface area (TPSA) is 96.0 Å². The Morgan fingerprint density at radius 3 is 2.06 bits per heavy atom. The SMILES string of the molecule is CCCCCCCC(=O)c1ccc(OC(=O)C(CC)CC)c(C(=O)OOC(=O)c2ccccc2)c1. The van der Waals surface area contributed by atoms with Crippen LogP contribution in [0.1, 0.15) is 103 Å². The van der Waals surface area contributed by atoms with Gasteiger partial charge in [0.25, 0.3) is 0 Å². The largest absolute Gasteiger partial charge is 0.425 e. The quantitative estimate of drug-likeness (QED) is 0.0803. The van der Waals surface area contributed by atoms with E-state index in [2.05, 4.69) is 11.8 Å². The van der Waals surface area contributed by atoms with Gasteiger partial charge < -0.3 is 4.74 Å². The zero-order chi connectivity index (χ0) is 25.6. The minimum atomic E-state index is -1.04. The number of benzene rings is 2. The van der Waals surface area contributed by atoms with E-state index in [1.807, 2.05) is 13.8 Å². The summed E-state index contributed by atoms with van der Waals surface area (Å²) in [5, 5.41) is 0. The maximum Gasteiger partial charge on any atom is 0.390 e. The minimum absolute atomic E-state index is 0.0536. The van der Waals surface area contributed by atoms with Crippen molar-refractivity contribution in [2.24, 2.45) is 5.92 Å². The Morgan fingerprint density at radius 1 is 0.743 bits per heavy atom. The van der Waals surface area contributed by atoms with Gasteiger partial charge in [-0.15, -0.1) is 0 Å². The minimum Gasteiger partial charge on any atom is -0.425 e. The number of carbonyl (C=O) groups is 4. The summed E-state index contributed by atoms with van der Waals surface area (Å²) in [6.07, 6.45) is 6.52. The van der Waals surface area contributed by atoms with Gasteiger partial charge >= 0.3 is 17.9 Å². The Kier molecular flexibility index (Phi) is 11.7. The van der Waals surface area contributed by atoms with Gasteiger partial charge in [-0.3, -0.25) is 9.59 Å². The highest BCUT2D eigenvalue weighted by Crippen LogP contribution is 2.25. The first-order chi connectivity index (χ1) is 16.9. The van der Waals surface area contributed by atoms with E-state index in [1.165, 1.54) is 30.3 Å². The van der Waals surface area contributed by atoms with Crippen molar-refractivity contribution in [1.82, 2.24) is 0 Å². The number of carbonyl (C=O) groups excluding carboxylic acids is 4. The third-order valence-electron chi connectivity index (χ3n) is 5.76. The van der Waals surface area contributed by atoms with Crippen molar-refractivity contribution in [2.75, 3.05) is 0 Å². The molecule has 0 saturated heterocycles. The van der Waals surface area contributed by atoms with Gasteiger partial charge in [-0.1, -0.05) is 64.7 Å². The molecule has 7 nitrogen and oxygen atoms in total. The average Bonchev–Trinajstić information content (AvgIpc) is 2.88. The number of esters is 1. The molecule has 0 aromatic heterocycles. The smallest absolute Gasteiger partial charge is 0.390 e. The Bertz CT molecular complexity index is 994. The molecule has 7 heteroatoms. The second kappa shape index (κ2) is 14.7. The molecule has 2 aromatic carbocycles. The van der Waals surface area contributed by atoms with E-state index in [-0.39, 0.29) is 28.6 Å². The van der Waals surface area contributed by atoms with Crippen LogP contribution in [0, 0.1) is 5.92 Å². The van der Waals surface area contributed by atoms with Gasteiger partial charge in [-0.2, -0.15) is 0 Å². The molecule has 0 radical (unpaired) electrons. The fourth-order valence-electron chi connectivity index (χ4n) is 3.54. The van der Waals surface area contributed by atoms with Gasteiger partial charge in [0.05, 0.1) is 11.5 Å². The van der Waals surface area contributed by atoms with Crippen LogP contribution < -0.4 is 4.74 Å². The summed E-state index contributed by atoms with van der Waals surface area (Å²) < 4.78 is 5.47. The molecule has 0 N–H and O–H groups in total. The number of hydrogen-bond donors (Lipinski definition) is 0. The van der Waals surface area contributed by atoms with Crippen LogP contribution in [0.5, 0.6) is 5.75 Å². The standard InChI is InChI=1S/C28H34O7/c1-4-7-8-9-13-16-24(29)22-17-18-25(33-26(30)20(5-2)6-3)23(19-22)28(32)35-34-27(31)21-14-11-10-12-15-21/h10-12,14-15,17-20H,4-9,13,16H2,1-3H3. The summed E-state index contributed by atoms with van der Waals surface area (Å²) in [4.78, 5) is 59.6. The first-order valence-electron chi connectivity index (χ1n) is 12.3. The van der Waals surface area contributed by atoms with Gasteiger partial charge in [0, 0.05) is 12.0 Å². The third-order valence-corrected chi connectivity index (χ3v) is 5.76. The van der Waals surface area contributed by atoms with E-state index in [0.29, 0.717) is 24.8 Å². The summed E-state index contributed by atoms with van der Waals surface area (Å²) in [5.41, 5.74) is 0.332. The lowest BCUT2D eigenvalue weighted by Crippen LogP contribution is -2.21. The maximum absolute atomic E-state index is 12.8. The summed E-state index contributed by atoms with van der Waals surface area (Å²) in [6.45, 7) is 5.87. The molecule has 0 aliphatic rings. The molecular weight excluding hydrogens is 448 g/mol. The third kappa shape index (κ3) is 8.67. The number of hydrogen-bond acceptors (Lipinski definition) is 7. The highest BCUT2D eigenvalue weighted by molar-refractivity contribution is 6.01. The first kappa shape index (κ1) is 27.8. The number of ketones is 1. The number of ether oxygens (including phenoxy) is 1. The van der Waals surface area contributed by atoms with E-state index < -0.39 is 17.9 Å². The normalized spacial score (nSPS) is 10.6. The molecule has 0 unspecified atom stereocenters. The number of rotatable bonds is 13. The van der Waals surface area contributed by atoms with Crippen LogP contribution in [0.15, 0.2) is 48.5 Å². The lowest BCUT2D eigenvalue weighted by Gasteiger charge is -2.14. The molecule has 2 aromatic rings. The lowest BCUT2D eigenvalue weighted by molar-refractivity contribution is -0.187. The average molecular weight is 483 g/mol. The van der Waals surface area contributed by atoms with Crippen molar-refractivity contribution in [3.8, 4) is 5.75 Å². The van der Waals surface area contributed by atoms with Crippen molar-refractivity contribution in [1.29, 1.82) is 0 Å². The van der Waals surface area contributed by atoms with Crippen LogP contribution in [0.2, 0.25) is 0 Å². The van der Waals surface area contributed by atoms with E-state index in [1.54, 1.807) is 18.2 Å². The predicted molar refractivity (Wildman–Crippen MR) is 131 cm³/mol. The maximum atomic E-state index is 12.8. The van der Waals surface area contributed by atoms with Gasteiger partial charge in [-0.05, 0) is 49.6 Å². The first-order valence-corrected chi connectivity index (χ1v) is 12.3. The molecule has 0 amide bonds. The zero-order valence-electron chi connectivity index (χ0n) is 20.7. The van der Waals surface area contributed by atoms with Crippen LogP contribution in [0.4, 0.5) is 0 Å². The molecule has 35 heavy (non-hydrogen) atoms. The molecule has 2 rings (SSSR count). The molecule has 0 bridgehead atoms. The van der Waals surface area contributed by atoms with Gasteiger partial charge in [0.2, 0.25) is 0 Å². The number of unbranched alkanes of at least 4 members (excludes halogenated alkanes) is 4. The molecule has 188 valence electrons. The van der Waals surface area contributed by atoms with Crippen LogP contribution >= 0.6 is 0 Å². The highest BCUT2D eigenvalue weighted by atomic mass is 17.2. The molecule has 0 aliphatic carbocycles. The highest BCUT2D eigenvalue weighted by Gasteiger charge is 2.24. The summed E-state index contributed by atoms with van der Waals surface area (Å²) >= 11 is 0. The fraction of sp³-hybridized carbons (Fsp3) is 0.429. The zero-order valence-corrected chi connectivity index (χ0v) is 20.7. The van der Waals surface area contributed by atoms with Gasteiger partial charge in [0.1, 0.15) is 11.3 Å². The summed E-state index contributed by atoms with van der Waals surface area (Å²) in [5.74, 6) is -2.90. The molecular formula is C28H34O7. The van der Waals surface area contributed by atoms with Crippen molar-refractivity contribution in [2.45, 2.75) is 72.1 Å². The second-order valence-electron chi connectivity index (χ2n) is 8.34. The Hall–Kier alpha value is -3.48. The van der Waals surface area contributed by atoms with Crippen LogP contribution in [-0.2, 0) is 14.6 Å². The monoisotopic (exact) mass is 482 g/mol. The van der Waals surface area contributed by atoms with Crippen molar-refractivity contribution in [3.05, 3.63) is 65.2 Å². The van der Waals surface area contributed by atoms with Gasteiger partial charge in [0.15, 0.2) is 5.78 Å². The second-order valence-corrected chi connectivity index (χ2v) is 8.34. The molecule has 0 aliphatic heterocycles. The molecule has 0 spiro atoms. The molecule has 0 saturated carbocycles. The molecule has 0 heterocycles. The Labute approximate surface area is 206 Å². The van der Waals surface area contributed by atoms with Gasteiger partial charge in [-0.25, -0.2) is 19.4 Å².